The second-order valence-corrected chi connectivity index (χ2v) is 7.16. The van der Waals surface area contributed by atoms with Crippen LogP contribution in [0.5, 0.6) is 0 Å². The van der Waals surface area contributed by atoms with E-state index in [-0.39, 0.29) is 18.4 Å². The van der Waals surface area contributed by atoms with Crippen molar-refractivity contribution in [2.24, 2.45) is 0 Å². The van der Waals surface area contributed by atoms with Crippen molar-refractivity contribution >= 4 is 38.6 Å². The van der Waals surface area contributed by atoms with Crippen LogP contribution in [0.25, 0.3) is 10.9 Å². The molecule has 27 heavy (non-hydrogen) atoms. The van der Waals surface area contributed by atoms with E-state index in [0.29, 0.717) is 19.5 Å². The summed E-state index contributed by atoms with van der Waals surface area (Å²) in [5.41, 5.74) is 3.01. The highest BCUT2D eigenvalue weighted by Crippen LogP contribution is 2.30. The van der Waals surface area contributed by atoms with Crippen LogP contribution in [-0.2, 0) is 22.6 Å². The van der Waals surface area contributed by atoms with E-state index in [1.165, 1.54) is 0 Å². The second kappa shape index (κ2) is 8.86. The summed E-state index contributed by atoms with van der Waals surface area (Å²) >= 11 is 3.60. The summed E-state index contributed by atoms with van der Waals surface area (Å²) in [6.45, 7) is 3.04. The molecule has 3 aromatic rings. The molecule has 0 radical (unpaired) electrons. The third kappa shape index (κ3) is 4.77. The number of fused-ring (bicyclic) bond motifs is 1. The molecule has 0 unspecified atom stereocenters. The SMILES string of the molecule is Cc1c(Br)c2ccccc2n1CC(=O)NCCNC(=O)Cc1ccccc1. The van der Waals surface area contributed by atoms with Crippen LogP contribution in [0.3, 0.4) is 0 Å². The molecule has 0 spiro atoms. The standard InChI is InChI=1S/C21H22BrN3O2/c1-15-21(22)17-9-5-6-10-18(17)25(15)14-20(27)24-12-11-23-19(26)13-16-7-3-2-4-8-16/h2-10H,11-14H2,1H3,(H,23,26)(H,24,27). The number of benzene rings is 2. The van der Waals surface area contributed by atoms with E-state index in [2.05, 4.69) is 26.6 Å². The number of hydrogen-bond acceptors (Lipinski definition) is 2. The molecule has 0 atom stereocenters. The fourth-order valence-corrected chi connectivity index (χ4v) is 3.59. The van der Waals surface area contributed by atoms with Gasteiger partial charge >= 0.3 is 0 Å². The molecule has 0 aliphatic carbocycles. The molecule has 1 heterocycles. The lowest BCUT2D eigenvalue weighted by Crippen LogP contribution is -2.36. The topological polar surface area (TPSA) is 63.1 Å². The molecule has 0 saturated heterocycles. The first-order valence-corrected chi connectivity index (χ1v) is 9.66. The van der Waals surface area contributed by atoms with Gasteiger partial charge in [0, 0.05) is 34.2 Å². The number of halogens is 1. The summed E-state index contributed by atoms with van der Waals surface area (Å²) in [7, 11) is 0. The lowest BCUT2D eigenvalue weighted by molar-refractivity contribution is -0.122. The molecule has 0 aliphatic heterocycles. The Labute approximate surface area is 166 Å². The van der Waals surface area contributed by atoms with Gasteiger partial charge in [-0.15, -0.1) is 0 Å². The quantitative estimate of drug-likeness (QED) is 0.568. The Morgan fingerprint density at radius 3 is 2.30 bits per heavy atom. The van der Waals surface area contributed by atoms with Crippen LogP contribution < -0.4 is 10.6 Å². The van der Waals surface area contributed by atoms with Crippen LogP contribution in [0.2, 0.25) is 0 Å². The third-order valence-corrected chi connectivity index (χ3v) is 5.43. The number of rotatable bonds is 7. The summed E-state index contributed by atoms with van der Waals surface area (Å²) < 4.78 is 3.00. The highest BCUT2D eigenvalue weighted by molar-refractivity contribution is 9.10. The van der Waals surface area contributed by atoms with Gasteiger partial charge in [0.05, 0.1) is 6.42 Å². The van der Waals surface area contributed by atoms with E-state index >= 15 is 0 Å². The number of aromatic nitrogens is 1. The number of nitrogens with zero attached hydrogens (tertiary/aromatic N) is 1. The molecule has 0 bridgehead atoms. The predicted octanol–water partition coefficient (Wildman–Crippen LogP) is 3.19. The Hall–Kier alpha value is -2.60. The van der Waals surface area contributed by atoms with Crippen molar-refractivity contribution in [1.82, 2.24) is 15.2 Å². The third-order valence-electron chi connectivity index (χ3n) is 4.43. The van der Waals surface area contributed by atoms with Crippen LogP contribution >= 0.6 is 15.9 Å². The Bertz CT molecular complexity index is 951. The van der Waals surface area contributed by atoms with Crippen molar-refractivity contribution in [3.8, 4) is 0 Å². The zero-order valence-corrected chi connectivity index (χ0v) is 16.8. The Balaban J connectivity index is 1.47. The minimum Gasteiger partial charge on any atom is -0.354 e. The van der Waals surface area contributed by atoms with Crippen molar-refractivity contribution < 1.29 is 9.59 Å². The molecule has 6 heteroatoms. The number of carbonyl (C=O) groups is 2. The van der Waals surface area contributed by atoms with Crippen molar-refractivity contribution in [1.29, 1.82) is 0 Å². The summed E-state index contributed by atoms with van der Waals surface area (Å²) in [5, 5.41) is 6.78. The summed E-state index contributed by atoms with van der Waals surface area (Å²) in [6.07, 6.45) is 0.345. The van der Waals surface area contributed by atoms with Crippen molar-refractivity contribution in [2.75, 3.05) is 13.1 Å². The first-order valence-electron chi connectivity index (χ1n) is 8.87. The maximum Gasteiger partial charge on any atom is 0.240 e. The van der Waals surface area contributed by atoms with Gasteiger partial charge in [0.1, 0.15) is 6.54 Å². The highest BCUT2D eigenvalue weighted by Gasteiger charge is 2.13. The predicted molar refractivity (Wildman–Crippen MR) is 111 cm³/mol. The van der Waals surface area contributed by atoms with Crippen LogP contribution in [0.15, 0.2) is 59.1 Å². The van der Waals surface area contributed by atoms with E-state index in [0.717, 1.165) is 26.6 Å². The van der Waals surface area contributed by atoms with Gasteiger partial charge in [-0.3, -0.25) is 9.59 Å². The Kier molecular flexibility index (Phi) is 6.29. The number of para-hydroxylation sites is 1. The van der Waals surface area contributed by atoms with Crippen molar-refractivity contribution in [3.05, 3.63) is 70.3 Å². The molecular weight excluding hydrogens is 406 g/mol. The van der Waals surface area contributed by atoms with Crippen molar-refractivity contribution in [2.45, 2.75) is 19.9 Å². The smallest absolute Gasteiger partial charge is 0.240 e. The fourth-order valence-electron chi connectivity index (χ4n) is 3.04. The van der Waals surface area contributed by atoms with Gasteiger partial charge in [-0.05, 0) is 34.5 Å². The van der Waals surface area contributed by atoms with Crippen LogP contribution in [-0.4, -0.2) is 29.5 Å². The van der Waals surface area contributed by atoms with Crippen molar-refractivity contribution in [3.63, 3.8) is 0 Å². The van der Waals surface area contributed by atoms with Gasteiger partial charge in [0.25, 0.3) is 0 Å². The zero-order chi connectivity index (χ0) is 19.2. The lowest BCUT2D eigenvalue weighted by atomic mass is 10.1. The minimum atomic E-state index is -0.0799. The molecule has 2 N–H and O–H groups in total. The number of nitrogens with one attached hydrogen (secondary N) is 2. The largest absolute Gasteiger partial charge is 0.354 e. The van der Waals surface area contributed by atoms with Gasteiger partial charge in [0.15, 0.2) is 0 Å². The van der Waals surface area contributed by atoms with Gasteiger partial charge in [-0.1, -0.05) is 48.5 Å². The zero-order valence-electron chi connectivity index (χ0n) is 15.2. The average molecular weight is 428 g/mol. The minimum absolute atomic E-state index is 0.0494. The maximum atomic E-state index is 12.3. The number of hydrogen-bond donors (Lipinski definition) is 2. The van der Waals surface area contributed by atoms with E-state index in [1.807, 2.05) is 66.1 Å². The Morgan fingerprint density at radius 1 is 0.926 bits per heavy atom. The lowest BCUT2D eigenvalue weighted by Gasteiger charge is -2.10. The Morgan fingerprint density at radius 2 is 1.56 bits per heavy atom. The number of carbonyl (C=O) groups excluding carboxylic acids is 2. The second-order valence-electron chi connectivity index (χ2n) is 6.36. The molecule has 0 saturated carbocycles. The molecular formula is C21H22BrN3O2. The average Bonchev–Trinajstić information content (AvgIpc) is 2.91. The molecule has 140 valence electrons. The van der Waals surface area contributed by atoms with E-state index in [1.54, 1.807) is 0 Å². The highest BCUT2D eigenvalue weighted by atomic mass is 79.9. The summed E-state index contributed by atoms with van der Waals surface area (Å²) in [4.78, 5) is 24.2. The summed E-state index contributed by atoms with van der Waals surface area (Å²) in [5.74, 6) is -0.129. The first-order chi connectivity index (χ1) is 13.1. The van der Waals surface area contributed by atoms with Crippen LogP contribution in [0.1, 0.15) is 11.3 Å². The number of amides is 2. The monoisotopic (exact) mass is 427 g/mol. The summed E-state index contributed by atoms with van der Waals surface area (Å²) in [6, 6.07) is 17.6. The van der Waals surface area contributed by atoms with E-state index in [4.69, 9.17) is 0 Å². The van der Waals surface area contributed by atoms with E-state index in [9.17, 15) is 9.59 Å². The molecule has 5 nitrogen and oxygen atoms in total. The molecule has 1 aromatic heterocycles. The van der Waals surface area contributed by atoms with Gasteiger partial charge in [0.2, 0.25) is 11.8 Å². The molecule has 3 rings (SSSR count). The maximum absolute atomic E-state index is 12.3. The van der Waals surface area contributed by atoms with Gasteiger partial charge in [-0.2, -0.15) is 0 Å². The normalized spacial score (nSPS) is 10.7. The van der Waals surface area contributed by atoms with Gasteiger partial charge < -0.3 is 15.2 Å². The molecule has 0 aliphatic rings. The fraction of sp³-hybridized carbons (Fsp3) is 0.238. The van der Waals surface area contributed by atoms with E-state index < -0.39 is 0 Å². The van der Waals surface area contributed by atoms with Gasteiger partial charge in [-0.25, -0.2) is 0 Å². The molecule has 2 amide bonds. The van der Waals surface area contributed by atoms with Crippen LogP contribution in [0.4, 0.5) is 0 Å². The van der Waals surface area contributed by atoms with Crippen LogP contribution in [0, 0.1) is 6.92 Å². The molecule has 0 fully saturated rings. The first kappa shape index (κ1) is 19.2. The molecule has 2 aromatic carbocycles.